The van der Waals surface area contributed by atoms with E-state index in [1.807, 2.05) is 57.2 Å². The van der Waals surface area contributed by atoms with Crippen LogP contribution >= 0.6 is 0 Å². The van der Waals surface area contributed by atoms with Gasteiger partial charge in [0.1, 0.15) is 5.75 Å². The fourth-order valence-corrected chi connectivity index (χ4v) is 3.12. The molecule has 0 spiro atoms. The Morgan fingerprint density at radius 2 is 1.89 bits per heavy atom. The Morgan fingerprint density at radius 3 is 2.63 bits per heavy atom. The Balaban J connectivity index is 1.93. The van der Waals surface area contributed by atoms with Crippen LogP contribution in [0, 0.1) is 6.92 Å². The number of hydrogen-bond donors (Lipinski definition) is 1. The maximum Gasteiger partial charge on any atom is 0.257 e. The van der Waals surface area contributed by atoms with Crippen LogP contribution in [0.2, 0.25) is 0 Å². The van der Waals surface area contributed by atoms with Gasteiger partial charge in [0.15, 0.2) is 0 Å². The Kier molecular flexibility index (Phi) is 5.60. The molecular weight excluding hydrogens is 340 g/mol. The fraction of sp³-hybridized carbons (Fsp3) is 0.273. The standard InChI is InChI=1S/C22H24N2O3/c1-4-24(22(26)18-8-6-7-9-20(18)27-5-2)14-17-13-16-12-15(3)10-11-19(16)23-21(17)25/h6-13H,4-5,14H2,1-3H3,(H,23,25). The van der Waals surface area contributed by atoms with Crippen LogP contribution in [0.25, 0.3) is 10.9 Å². The number of para-hydroxylation sites is 1. The normalized spacial score (nSPS) is 10.8. The minimum absolute atomic E-state index is 0.148. The van der Waals surface area contributed by atoms with E-state index in [1.54, 1.807) is 17.0 Å². The lowest BCUT2D eigenvalue weighted by atomic mass is 10.1. The quantitative estimate of drug-likeness (QED) is 0.722. The maximum absolute atomic E-state index is 13.0. The van der Waals surface area contributed by atoms with E-state index in [4.69, 9.17) is 4.74 Å². The van der Waals surface area contributed by atoms with Crippen molar-refractivity contribution in [2.24, 2.45) is 0 Å². The van der Waals surface area contributed by atoms with Crippen molar-refractivity contribution in [2.75, 3.05) is 13.2 Å². The van der Waals surface area contributed by atoms with Crippen molar-refractivity contribution in [2.45, 2.75) is 27.3 Å². The van der Waals surface area contributed by atoms with E-state index in [2.05, 4.69) is 4.98 Å². The number of carbonyl (C=O) groups is 1. The van der Waals surface area contributed by atoms with E-state index in [9.17, 15) is 9.59 Å². The summed E-state index contributed by atoms with van der Waals surface area (Å²) in [5.41, 5.74) is 2.82. The second-order valence-electron chi connectivity index (χ2n) is 6.46. The molecule has 1 N–H and O–H groups in total. The summed E-state index contributed by atoms with van der Waals surface area (Å²) in [5, 5.41) is 0.961. The topological polar surface area (TPSA) is 62.4 Å². The molecule has 5 nitrogen and oxygen atoms in total. The second-order valence-corrected chi connectivity index (χ2v) is 6.46. The van der Waals surface area contributed by atoms with Crippen LogP contribution in [0.15, 0.2) is 53.3 Å². The van der Waals surface area contributed by atoms with Gasteiger partial charge >= 0.3 is 0 Å². The number of nitrogens with zero attached hydrogens (tertiary/aromatic N) is 1. The molecule has 3 rings (SSSR count). The van der Waals surface area contributed by atoms with Gasteiger partial charge in [-0.1, -0.05) is 23.8 Å². The molecule has 1 heterocycles. The number of ether oxygens (including phenoxy) is 1. The van der Waals surface area contributed by atoms with Crippen LogP contribution in [0.3, 0.4) is 0 Å². The van der Waals surface area contributed by atoms with Crippen molar-refractivity contribution in [1.82, 2.24) is 9.88 Å². The average molecular weight is 364 g/mol. The van der Waals surface area contributed by atoms with Crippen molar-refractivity contribution in [3.63, 3.8) is 0 Å². The number of pyridine rings is 1. The molecule has 0 bridgehead atoms. The SMILES string of the molecule is CCOc1ccccc1C(=O)N(CC)Cc1cc2cc(C)ccc2[nH]c1=O. The number of fused-ring (bicyclic) bond motifs is 1. The van der Waals surface area contributed by atoms with E-state index in [0.717, 1.165) is 16.5 Å². The Labute approximate surface area is 158 Å². The number of aromatic amines is 1. The van der Waals surface area contributed by atoms with Gasteiger partial charge in [0.25, 0.3) is 11.5 Å². The number of H-pyrrole nitrogens is 1. The molecule has 27 heavy (non-hydrogen) atoms. The number of rotatable bonds is 6. The molecule has 1 aromatic heterocycles. The molecule has 0 aliphatic heterocycles. The molecule has 0 aliphatic carbocycles. The predicted molar refractivity (Wildman–Crippen MR) is 107 cm³/mol. The summed E-state index contributed by atoms with van der Waals surface area (Å²) in [4.78, 5) is 30.1. The first-order valence-electron chi connectivity index (χ1n) is 9.17. The highest BCUT2D eigenvalue weighted by atomic mass is 16.5. The summed E-state index contributed by atoms with van der Waals surface area (Å²) < 4.78 is 5.58. The molecule has 0 radical (unpaired) electrons. The third kappa shape index (κ3) is 4.03. The fourth-order valence-electron chi connectivity index (χ4n) is 3.12. The van der Waals surface area contributed by atoms with Gasteiger partial charge in [-0.15, -0.1) is 0 Å². The number of hydrogen-bond acceptors (Lipinski definition) is 3. The van der Waals surface area contributed by atoms with Gasteiger partial charge in [0.05, 0.1) is 18.7 Å². The third-order valence-electron chi connectivity index (χ3n) is 4.52. The highest BCUT2D eigenvalue weighted by Crippen LogP contribution is 2.21. The number of aromatic nitrogens is 1. The third-order valence-corrected chi connectivity index (χ3v) is 4.52. The van der Waals surface area contributed by atoms with E-state index in [0.29, 0.717) is 30.0 Å². The van der Waals surface area contributed by atoms with Crippen molar-refractivity contribution in [3.05, 3.63) is 75.6 Å². The van der Waals surface area contributed by atoms with Crippen molar-refractivity contribution in [1.29, 1.82) is 0 Å². The number of benzene rings is 2. The summed E-state index contributed by atoms with van der Waals surface area (Å²) in [6.45, 7) is 7.02. The number of carbonyl (C=O) groups excluding carboxylic acids is 1. The molecule has 0 fully saturated rings. The molecular formula is C22H24N2O3. The number of aryl methyl sites for hydroxylation is 1. The van der Waals surface area contributed by atoms with Crippen molar-refractivity contribution >= 4 is 16.8 Å². The number of nitrogens with one attached hydrogen (secondary N) is 1. The molecule has 0 aliphatic rings. The minimum atomic E-state index is -0.171. The van der Waals surface area contributed by atoms with Crippen LogP contribution in [-0.2, 0) is 6.54 Å². The Morgan fingerprint density at radius 1 is 1.11 bits per heavy atom. The van der Waals surface area contributed by atoms with Gasteiger partial charge in [-0.3, -0.25) is 9.59 Å². The lowest BCUT2D eigenvalue weighted by Crippen LogP contribution is -2.33. The molecule has 5 heteroatoms. The summed E-state index contributed by atoms with van der Waals surface area (Å²) in [5.74, 6) is 0.414. The van der Waals surface area contributed by atoms with Crippen LogP contribution < -0.4 is 10.3 Å². The monoisotopic (exact) mass is 364 g/mol. The Bertz CT molecular complexity index is 1020. The number of amides is 1. The van der Waals surface area contributed by atoms with Crippen LogP contribution in [0.4, 0.5) is 0 Å². The molecule has 2 aromatic carbocycles. The van der Waals surface area contributed by atoms with Crippen LogP contribution in [0.5, 0.6) is 5.75 Å². The lowest BCUT2D eigenvalue weighted by molar-refractivity contribution is 0.0748. The van der Waals surface area contributed by atoms with Crippen LogP contribution in [0.1, 0.15) is 35.3 Å². The lowest BCUT2D eigenvalue weighted by Gasteiger charge is -2.22. The molecule has 1 amide bonds. The first-order chi connectivity index (χ1) is 13.0. The zero-order valence-electron chi connectivity index (χ0n) is 15.9. The van der Waals surface area contributed by atoms with Gasteiger partial charge < -0.3 is 14.6 Å². The summed E-state index contributed by atoms with van der Waals surface area (Å²) in [6, 6.07) is 15.0. The molecule has 140 valence electrons. The van der Waals surface area contributed by atoms with Crippen molar-refractivity contribution in [3.8, 4) is 5.75 Å². The first kappa shape index (κ1) is 18.7. The van der Waals surface area contributed by atoms with Gasteiger partial charge in [-0.2, -0.15) is 0 Å². The molecule has 0 atom stereocenters. The van der Waals surface area contributed by atoms with Gasteiger partial charge in [0, 0.05) is 17.6 Å². The zero-order valence-corrected chi connectivity index (χ0v) is 15.9. The summed E-state index contributed by atoms with van der Waals surface area (Å²) in [6.07, 6.45) is 0. The summed E-state index contributed by atoms with van der Waals surface area (Å²) in [7, 11) is 0. The maximum atomic E-state index is 13.0. The molecule has 0 unspecified atom stereocenters. The van der Waals surface area contributed by atoms with E-state index in [-0.39, 0.29) is 18.0 Å². The molecule has 3 aromatic rings. The predicted octanol–water partition coefficient (Wildman–Crippen LogP) is 3.90. The second kappa shape index (κ2) is 8.08. The van der Waals surface area contributed by atoms with Gasteiger partial charge in [-0.05, 0) is 56.5 Å². The van der Waals surface area contributed by atoms with E-state index in [1.165, 1.54) is 0 Å². The van der Waals surface area contributed by atoms with E-state index < -0.39 is 0 Å². The van der Waals surface area contributed by atoms with E-state index >= 15 is 0 Å². The highest BCUT2D eigenvalue weighted by Gasteiger charge is 2.19. The minimum Gasteiger partial charge on any atom is -0.493 e. The van der Waals surface area contributed by atoms with Crippen molar-refractivity contribution < 1.29 is 9.53 Å². The molecule has 0 saturated carbocycles. The largest absolute Gasteiger partial charge is 0.493 e. The summed E-state index contributed by atoms with van der Waals surface area (Å²) >= 11 is 0. The average Bonchev–Trinajstić information content (AvgIpc) is 2.67. The first-order valence-corrected chi connectivity index (χ1v) is 9.17. The highest BCUT2D eigenvalue weighted by molar-refractivity contribution is 5.97. The van der Waals surface area contributed by atoms with Crippen LogP contribution in [-0.4, -0.2) is 28.9 Å². The Hall–Kier alpha value is -3.08. The molecule has 0 saturated heterocycles. The smallest absolute Gasteiger partial charge is 0.257 e. The zero-order chi connectivity index (χ0) is 19.4. The van der Waals surface area contributed by atoms with Gasteiger partial charge in [-0.25, -0.2) is 0 Å². The van der Waals surface area contributed by atoms with Gasteiger partial charge in [0.2, 0.25) is 0 Å².